The van der Waals surface area contributed by atoms with Crippen molar-refractivity contribution >= 4 is 5.69 Å². The largest absolute Gasteiger partial charge is 0.435 e. The maximum absolute atomic E-state index is 12.0. The second-order valence-electron chi connectivity index (χ2n) is 4.55. The van der Waals surface area contributed by atoms with Gasteiger partial charge >= 0.3 is 6.61 Å². The zero-order chi connectivity index (χ0) is 14.7. The third-order valence-electron chi connectivity index (χ3n) is 3.13. The number of hydrogen-bond acceptors (Lipinski definition) is 3. The number of nitrogens with zero attached hydrogens (tertiary/aromatic N) is 2. The minimum atomic E-state index is -2.79. The molecule has 0 saturated heterocycles. The first-order valence-corrected chi connectivity index (χ1v) is 6.25. The maximum Gasteiger partial charge on any atom is 0.387 e. The Kier molecular flexibility index (Phi) is 4.22. The second kappa shape index (κ2) is 5.90. The number of aromatic nitrogens is 2. The van der Waals surface area contributed by atoms with Gasteiger partial charge in [0.05, 0.1) is 17.1 Å². The highest BCUT2D eigenvalue weighted by Crippen LogP contribution is 2.20. The van der Waals surface area contributed by atoms with Crippen LogP contribution in [-0.2, 0) is 13.6 Å². The summed E-state index contributed by atoms with van der Waals surface area (Å²) in [7, 11) is 1.89. The highest BCUT2D eigenvalue weighted by Gasteiger charge is 2.09. The van der Waals surface area contributed by atoms with Crippen LogP contribution < -0.4 is 10.1 Å². The van der Waals surface area contributed by atoms with E-state index in [9.17, 15) is 8.78 Å². The van der Waals surface area contributed by atoms with Crippen molar-refractivity contribution in [2.24, 2.45) is 7.05 Å². The molecule has 0 saturated carbocycles. The van der Waals surface area contributed by atoms with Gasteiger partial charge in [0.1, 0.15) is 5.75 Å². The van der Waals surface area contributed by atoms with Gasteiger partial charge in [-0.1, -0.05) is 12.1 Å². The van der Waals surface area contributed by atoms with Crippen molar-refractivity contribution in [2.75, 3.05) is 5.32 Å². The van der Waals surface area contributed by atoms with E-state index in [0.717, 1.165) is 22.6 Å². The minimum absolute atomic E-state index is 0.164. The highest BCUT2D eigenvalue weighted by atomic mass is 19.3. The van der Waals surface area contributed by atoms with Crippen LogP contribution >= 0.6 is 0 Å². The number of alkyl halides is 2. The van der Waals surface area contributed by atoms with Gasteiger partial charge in [0, 0.05) is 13.6 Å². The van der Waals surface area contributed by atoms with Crippen LogP contribution in [0.15, 0.2) is 24.3 Å². The summed E-state index contributed by atoms with van der Waals surface area (Å²) in [5, 5.41) is 7.63. The van der Waals surface area contributed by atoms with Crippen molar-refractivity contribution in [3.05, 3.63) is 41.2 Å². The van der Waals surface area contributed by atoms with Crippen LogP contribution in [0, 0.1) is 13.8 Å². The smallest absolute Gasteiger partial charge is 0.387 e. The number of nitrogens with one attached hydrogen (secondary N) is 1. The first-order chi connectivity index (χ1) is 9.47. The summed E-state index contributed by atoms with van der Waals surface area (Å²) in [6.45, 7) is 1.73. The molecule has 0 aliphatic carbocycles. The zero-order valence-corrected chi connectivity index (χ0v) is 11.7. The molecule has 0 aliphatic heterocycles. The summed E-state index contributed by atoms with van der Waals surface area (Å²) in [6.07, 6.45) is 0. The summed E-state index contributed by atoms with van der Waals surface area (Å²) in [6, 6.07) is 6.58. The van der Waals surface area contributed by atoms with E-state index in [1.54, 1.807) is 12.1 Å². The van der Waals surface area contributed by atoms with Gasteiger partial charge in [-0.05, 0) is 31.5 Å². The van der Waals surface area contributed by atoms with Crippen LogP contribution in [0.1, 0.15) is 17.0 Å². The summed E-state index contributed by atoms with van der Waals surface area (Å²) in [4.78, 5) is 0. The number of aryl methyl sites for hydroxylation is 2. The number of hydrogen-bond donors (Lipinski definition) is 1. The first-order valence-electron chi connectivity index (χ1n) is 6.25. The fourth-order valence-electron chi connectivity index (χ4n) is 2.01. The molecular formula is C14H17F2N3O. The van der Waals surface area contributed by atoms with E-state index in [4.69, 9.17) is 0 Å². The number of halogens is 2. The first kappa shape index (κ1) is 14.3. The van der Waals surface area contributed by atoms with E-state index in [2.05, 4.69) is 15.2 Å². The molecule has 0 aliphatic rings. The van der Waals surface area contributed by atoms with Crippen LogP contribution in [0.25, 0.3) is 0 Å². The molecule has 20 heavy (non-hydrogen) atoms. The van der Waals surface area contributed by atoms with Crippen LogP contribution in [-0.4, -0.2) is 16.4 Å². The molecule has 1 N–H and O–H groups in total. The summed E-state index contributed by atoms with van der Waals surface area (Å²) in [5.74, 6) is 0.164. The van der Waals surface area contributed by atoms with E-state index in [1.807, 2.05) is 25.6 Å². The van der Waals surface area contributed by atoms with Gasteiger partial charge in [-0.3, -0.25) is 4.68 Å². The van der Waals surface area contributed by atoms with Crippen LogP contribution in [0.2, 0.25) is 0 Å². The van der Waals surface area contributed by atoms with Crippen LogP contribution in [0.5, 0.6) is 5.75 Å². The third-order valence-corrected chi connectivity index (χ3v) is 3.13. The zero-order valence-electron chi connectivity index (χ0n) is 11.7. The third kappa shape index (κ3) is 3.26. The topological polar surface area (TPSA) is 39.1 Å². The average Bonchev–Trinajstić information content (AvgIpc) is 2.62. The van der Waals surface area contributed by atoms with Crippen LogP contribution in [0.4, 0.5) is 14.5 Å². The Labute approximate surface area is 116 Å². The molecule has 1 aromatic heterocycles. The predicted octanol–water partition coefficient (Wildman–Crippen LogP) is 3.25. The van der Waals surface area contributed by atoms with Gasteiger partial charge in [-0.2, -0.15) is 13.9 Å². The average molecular weight is 281 g/mol. The molecule has 1 heterocycles. The van der Waals surface area contributed by atoms with Gasteiger partial charge in [0.15, 0.2) is 0 Å². The number of rotatable bonds is 5. The number of ether oxygens (including phenoxy) is 1. The van der Waals surface area contributed by atoms with Crippen molar-refractivity contribution in [3.8, 4) is 5.75 Å². The Hall–Kier alpha value is -2.11. The molecule has 1 aromatic carbocycles. The van der Waals surface area contributed by atoms with E-state index < -0.39 is 6.61 Å². The molecule has 0 atom stereocenters. The van der Waals surface area contributed by atoms with Gasteiger partial charge in [0.2, 0.25) is 0 Å². The van der Waals surface area contributed by atoms with Gasteiger partial charge in [-0.15, -0.1) is 0 Å². The molecule has 2 rings (SSSR count). The van der Waals surface area contributed by atoms with E-state index in [1.165, 1.54) is 12.1 Å². The SMILES string of the molecule is Cc1nn(C)c(C)c1NCc1ccc(OC(F)F)cc1. The standard InChI is InChI=1S/C14H17F2N3O/c1-9-13(10(2)19(3)18-9)17-8-11-4-6-12(7-5-11)20-14(15)16/h4-7,14,17H,8H2,1-3H3. The van der Waals surface area contributed by atoms with E-state index >= 15 is 0 Å². The molecule has 0 fully saturated rings. The normalized spacial score (nSPS) is 10.9. The van der Waals surface area contributed by atoms with Crippen molar-refractivity contribution in [1.29, 1.82) is 0 Å². The summed E-state index contributed by atoms with van der Waals surface area (Å²) in [5.41, 5.74) is 3.97. The molecule has 0 radical (unpaired) electrons. The van der Waals surface area contributed by atoms with Crippen molar-refractivity contribution in [1.82, 2.24) is 9.78 Å². The van der Waals surface area contributed by atoms with Crippen molar-refractivity contribution < 1.29 is 13.5 Å². The molecule has 4 nitrogen and oxygen atoms in total. The quantitative estimate of drug-likeness (QED) is 0.914. The molecule has 0 spiro atoms. The van der Waals surface area contributed by atoms with Crippen molar-refractivity contribution in [3.63, 3.8) is 0 Å². The Morgan fingerprint density at radius 2 is 1.90 bits per heavy atom. The fourth-order valence-corrected chi connectivity index (χ4v) is 2.01. The van der Waals surface area contributed by atoms with Crippen molar-refractivity contribution in [2.45, 2.75) is 27.0 Å². The molecule has 6 heteroatoms. The molecule has 2 aromatic rings. The lowest BCUT2D eigenvalue weighted by Gasteiger charge is -2.08. The number of benzene rings is 1. The predicted molar refractivity (Wildman–Crippen MR) is 73.1 cm³/mol. The summed E-state index contributed by atoms with van der Waals surface area (Å²) >= 11 is 0. The van der Waals surface area contributed by atoms with Gasteiger partial charge in [0.25, 0.3) is 0 Å². The van der Waals surface area contributed by atoms with Gasteiger partial charge < -0.3 is 10.1 Å². The van der Waals surface area contributed by atoms with E-state index in [0.29, 0.717) is 6.54 Å². The maximum atomic E-state index is 12.0. The molecule has 108 valence electrons. The highest BCUT2D eigenvalue weighted by molar-refractivity contribution is 5.52. The Balaban J connectivity index is 2.00. The Bertz CT molecular complexity index is 579. The molecular weight excluding hydrogens is 264 g/mol. The number of anilines is 1. The lowest BCUT2D eigenvalue weighted by atomic mass is 10.2. The van der Waals surface area contributed by atoms with E-state index in [-0.39, 0.29) is 5.75 Å². The second-order valence-corrected chi connectivity index (χ2v) is 4.55. The molecule has 0 bridgehead atoms. The monoisotopic (exact) mass is 281 g/mol. The molecule has 0 amide bonds. The minimum Gasteiger partial charge on any atom is -0.435 e. The Morgan fingerprint density at radius 1 is 1.25 bits per heavy atom. The Morgan fingerprint density at radius 3 is 2.40 bits per heavy atom. The van der Waals surface area contributed by atoms with Crippen LogP contribution in [0.3, 0.4) is 0 Å². The molecule has 0 unspecified atom stereocenters. The summed E-state index contributed by atoms with van der Waals surface area (Å²) < 4.78 is 30.2. The fraction of sp³-hybridized carbons (Fsp3) is 0.357. The lowest BCUT2D eigenvalue weighted by Crippen LogP contribution is -2.03. The van der Waals surface area contributed by atoms with Gasteiger partial charge in [-0.25, -0.2) is 0 Å². The lowest BCUT2D eigenvalue weighted by molar-refractivity contribution is -0.0498.